The number of hydrogen-bond acceptors (Lipinski definition) is 3. The molecular weight excluding hydrogens is 246 g/mol. The number of fused-ring (bicyclic) bond motifs is 4. The molecule has 1 fully saturated rings. The molecule has 0 radical (unpaired) electrons. The molecule has 0 bridgehead atoms. The highest BCUT2D eigenvalue weighted by atomic mass is 15.6. The summed E-state index contributed by atoms with van der Waals surface area (Å²) in [5, 5.41) is 9.02. The van der Waals surface area contributed by atoms with Crippen LogP contribution in [0.5, 0.6) is 0 Å². The van der Waals surface area contributed by atoms with Gasteiger partial charge in [-0.1, -0.05) is 60.5 Å². The highest BCUT2D eigenvalue weighted by Crippen LogP contribution is 2.85. The SMILES string of the molecule is CC1=C(C)C2(C)C1(C)C1(C)NN=NC12c1ccccc1. The van der Waals surface area contributed by atoms with E-state index >= 15 is 0 Å². The summed E-state index contributed by atoms with van der Waals surface area (Å²) in [6.45, 7) is 11.5. The van der Waals surface area contributed by atoms with Gasteiger partial charge < -0.3 is 0 Å². The van der Waals surface area contributed by atoms with Crippen LogP contribution >= 0.6 is 0 Å². The zero-order valence-electron chi connectivity index (χ0n) is 12.8. The zero-order valence-corrected chi connectivity index (χ0v) is 12.8. The average molecular weight is 267 g/mol. The van der Waals surface area contributed by atoms with Crippen LogP contribution in [0.2, 0.25) is 0 Å². The van der Waals surface area contributed by atoms with Crippen LogP contribution in [-0.2, 0) is 5.54 Å². The summed E-state index contributed by atoms with van der Waals surface area (Å²) in [6, 6.07) is 10.6. The summed E-state index contributed by atoms with van der Waals surface area (Å²) in [6.07, 6.45) is 0. The average Bonchev–Trinajstić information content (AvgIpc) is 2.82. The smallest absolute Gasteiger partial charge is 0.143 e. The fraction of sp³-hybridized carbons (Fsp3) is 0.529. The van der Waals surface area contributed by atoms with Gasteiger partial charge in [-0.25, -0.2) is 0 Å². The fourth-order valence-corrected chi connectivity index (χ4v) is 5.65. The van der Waals surface area contributed by atoms with Crippen LogP contribution in [0.15, 0.2) is 51.8 Å². The largest absolute Gasteiger partial charge is 0.282 e. The van der Waals surface area contributed by atoms with Crippen LogP contribution in [0.4, 0.5) is 0 Å². The Balaban J connectivity index is 2.04. The lowest BCUT2D eigenvalue weighted by Gasteiger charge is -2.81. The van der Waals surface area contributed by atoms with Gasteiger partial charge in [0.2, 0.25) is 0 Å². The minimum atomic E-state index is -0.278. The Morgan fingerprint density at radius 3 is 2.15 bits per heavy atom. The minimum absolute atomic E-state index is 0.0488. The monoisotopic (exact) mass is 267 g/mol. The van der Waals surface area contributed by atoms with Crippen molar-refractivity contribution < 1.29 is 0 Å². The van der Waals surface area contributed by atoms with E-state index in [9.17, 15) is 0 Å². The van der Waals surface area contributed by atoms with Gasteiger partial charge in [-0.15, -0.1) is 0 Å². The van der Waals surface area contributed by atoms with E-state index in [4.69, 9.17) is 5.11 Å². The van der Waals surface area contributed by atoms with Gasteiger partial charge in [-0.2, -0.15) is 5.11 Å². The Kier molecular flexibility index (Phi) is 1.82. The summed E-state index contributed by atoms with van der Waals surface area (Å²) in [5.41, 5.74) is 7.33. The normalized spacial score (nSPS) is 48.0. The molecule has 1 saturated carbocycles. The van der Waals surface area contributed by atoms with Crippen LogP contribution in [-0.4, -0.2) is 5.54 Å². The lowest BCUT2D eigenvalue weighted by molar-refractivity contribution is -0.205. The fourth-order valence-electron chi connectivity index (χ4n) is 5.65. The van der Waals surface area contributed by atoms with Gasteiger partial charge >= 0.3 is 0 Å². The molecule has 3 aliphatic rings. The van der Waals surface area contributed by atoms with Crippen molar-refractivity contribution in [3.05, 3.63) is 47.0 Å². The van der Waals surface area contributed by atoms with Crippen LogP contribution in [0.1, 0.15) is 40.2 Å². The van der Waals surface area contributed by atoms with E-state index in [-0.39, 0.29) is 21.9 Å². The summed E-state index contributed by atoms with van der Waals surface area (Å²) in [4.78, 5) is 0. The Labute approximate surface area is 120 Å². The van der Waals surface area contributed by atoms with Crippen molar-refractivity contribution in [1.82, 2.24) is 5.43 Å². The molecule has 2 aliphatic carbocycles. The molecule has 3 heteroatoms. The van der Waals surface area contributed by atoms with E-state index in [0.29, 0.717) is 0 Å². The predicted molar refractivity (Wildman–Crippen MR) is 79.1 cm³/mol. The standard InChI is InChI=1S/C17H21N3/c1-11-12(2)15(4)14(11,3)16(5)17(15,19-20-18-16)13-9-7-6-8-10-13/h6-10H,1-5H3,(H,18,19). The molecule has 1 N–H and O–H groups in total. The molecule has 4 rings (SSSR count). The second-order valence-corrected chi connectivity index (χ2v) is 7.01. The van der Waals surface area contributed by atoms with E-state index < -0.39 is 0 Å². The van der Waals surface area contributed by atoms with Crippen molar-refractivity contribution in [3.63, 3.8) is 0 Å². The first kappa shape index (κ1) is 12.1. The number of nitrogens with one attached hydrogen (secondary N) is 1. The topological polar surface area (TPSA) is 36.8 Å². The maximum atomic E-state index is 4.74. The number of benzene rings is 1. The first-order valence-corrected chi connectivity index (χ1v) is 7.31. The molecular formula is C17H21N3. The van der Waals surface area contributed by atoms with E-state index in [1.807, 2.05) is 0 Å². The van der Waals surface area contributed by atoms with E-state index in [0.717, 1.165) is 0 Å². The summed E-state index contributed by atoms with van der Waals surface area (Å²) >= 11 is 0. The van der Waals surface area contributed by atoms with Gasteiger partial charge in [-0.05, 0) is 26.3 Å². The maximum absolute atomic E-state index is 4.74. The second kappa shape index (κ2) is 3.00. The van der Waals surface area contributed by atoms with Crippen molar-refractivity contribution in [2.75, 3.05) is 0 Å². The van der Waals surface area contributed by atoms with Crippen molar-refractivity contribution in [2.45, 2.75) is 45.7 Å². The molecule has 0 amide bonds. The molecule has 3 nitrogen and oxygen atoms in total. The van der Waals surface area contributed by atoms with Crippen molar-refractivity contribution in [2.24, 2.45) is 21.2 Å². The maximum Gasteiger partial charge on any atom is 0.143 e. The highest BCUT2D eigenvalue weighted by Gasteiger charge is 2.90. The van der Waals surface area contributed by atoms with Gasteiger partial charge in [0.1, 0.15) is 5.54 Å². The Hall–Kier alpha value is -1.64. The third-order valence-corrected chi connectivity index (χ3v) is 7.17. The minimum Gasteiger partial charge on any atom is -0.282 e. The second-order valence-electron chi connectivity index (χ2n) is 7.01. The number of hydrogen-bond donors (Lipinski definition) is 1. The molecule has 1 aromatic rings. The van der Waals surface area contributed by atoms with Gasteiger partial charge in [0, 0.05) is 10.8 Å². The molecule has 20 heavy (non-hydrogen) atoms. The van der Waals surface area contributed by atoms with Crippen LogP contribution in [0, 0.1) is 10.8 Å². The summed E-state index contributed by atoms with van der Waals surface area (Å²) in [5.74, 6) is 0. The van der Waals surface area contributed by atoms with Gasteiger partial charge in [-0.3, -0.25) is 5.43 Å². The molecule has 0 spiro atoms. The Morgan fingerprint density at radius 2 is 1.50 bits per heavy atom. The van der Waals surface area contributed by atoms with Crippen molar-refractivity contribution in [3.8, 4) is 0 Å². The summed E-state index contributed by atoms with van der Waals surface area (Å²) < 4.78 is 0. The third kappa shape index (κ3) is 0.737. The molecule has 1 aromatic carbocycles. The van der Waals surface area contributed by atoms with E-state index in [1.165, 1.54) is 16.7 Å². The van der Waals surface area contributed by atoms with Crippen molar-refractivity contribution >= 4 is 0 Å². The number of rotatable bonds is 1. The van der Waals surface area contributed by atoms with E-state index in [1.54, 1.807) is 0 Å². The molecule has 4 unspecified atom stereocenters. The molecule has 0 saturated heterocycles. The molecule has 0 aromatic heterocycles. The van der Waals surface area contributed by atoms with Gasteiger partial charge in [0.25, 0.3) is 0 Å². The molecule has 1 aliphatic heterocycles. The predicted octanol–water partition coefficient (Wildman–Crippen LogP) is 3.99. The van der Waals surface area contributed by atoms with Crippen LogP contribution in [0.25, 0.3) is 0 Å². The highest BCUT2D eigenvalue weighted by molar-refractivity contribution is 5.62. The van der Waals surface area contributed by atoms with Gasteiger partial charge in [0.15, 0.2) is 0 Å². The van der Waals surface area contributed by atoms with Crippen molar-refractivity contribution in [1.29, 1.82) is 0 Å². The number of nitrogens with zero attached hydrogens (tertiary/aromatic N) is 2. The summed E-state index contributed by atoms with van der Waals surface area (Å²) in [7, 11) is 0. The van der Waals surface area contributed by atoms with E-state index in [2.05, 4.69) is 75.6 Å². The first-order chi connectivity index (χ1) is 9.38. The zero-order chi connectivity index (χ0) is 14.4. The van der Waals surface area contributed by atoms with Crippen LogP contribution < -0.4 is 5.43 Å². The molecule has 4 atom stereocenters. The molecule has 1 heterocycles. The third-order valence-electron chi connectivity index (χ3n) is 7.17. The van der Waals surface area contributed by atoms with Gasteiger partial charge in [0.05, 0.1) is 5.54 Å². The van der Waals surface area contributed by atoms with Crippen LogP contribution in [0.3, 0.4) is 0 Å². The first-order valence-electron chi connectivity index (χ1n) is 7.31. The Bertz CT molecular complexity index is 677. The lowest BCUT2D eigenvalue weighted by atomic mass is 9.22. The quantitative estimate of drug-likeness (QED) is 0.767. The molecule has 104 valence electrons. The Morgan fingerprint density at radius 1 is 0.900 bits per heavy atom. The lowest BCUT2D eigenvalue weighted by Crippen LogP contribution is -2.88.